The maximum atomic E-state index is 15.2. The van der Waals surface area contributed by atoms with Gasteiger partial charge in [-0.3, -0.25) is 0 Å². The zero-order valence-corrected chi connectivity index (χ0v) is 23.1. The van der Waals surface area contributed by atoms with Crippen LogP contribution in [-0.4, -0.2) is 0 Å². The number of hydrogen-bond acceptors (Lipinski definition) is 0. The fraction of sp³-hybridized carbons (Fsp3) is 0.429. The molecule has 0 aliphatic heterocycles. The van der Waals surface area contributed by atoms with Gasteiger partial charge in [-0.25, -0.2) is 17.6 Å². The molecule has 5 rings (SSSR count). The van der Waals surface area contributed by atoms with Crippen molar-refractivity contribution in [1.29, 1.82) is 0 Å². The summed E-state index contributed by atoms with van der Waals surface area (Å²) in [7, 11) is 0. The number of fused-ring (bicyclic) bond motifs is 3. The Kier molecular flexibility index (Phi) is 8.59. The summed E-state index contributed by atoms with van der Waals surface area (Å²) in [5, 5.41) is 0. The Morgan fingerprint density at radius 1 is 0.718 bits per heavy atom. The summed E-state index contributed by atoms with van der Waals surface area (Å²) in [6, 6.07) is 12.2. The summed E-state index contributed by atoms with van der Waals surface area (Å²) < 4.78 is 59.9. The summed E-state index contributed by atoms with van der Waals surface area (Å²) in [5.41, 5.74) is 5.56. The molecule has 0 radical (unpaired) electrons. The molecule has 206 valence electrons. The van der Waals surface area contributed by atoms with E-state index in [0.717, 1.165) is 32.1 Å². The summed E-state index contributed by atoms with van der Waals surface area (Å²) >= 11 is 0. The van der Waals surface area contributed by atoms with Gasteiger partial charge in [-0.2, -0.15) is 0 Å². The Morgan fingerprint density at radius 3 is 1.92 bits per heavy atom. The number of benzene rings is 3. The second-order valence-electron chi connectivity index (χ2n) is 11.4. The number of aryl methyl sites for hydroxylation is 3. The summed E-state index contributed by atoms with van der Waals surface area (Å²) in [6.07, 6.45) is 12.7. The van der Waals surface area contributed by atoms with Crippen molar-refractivity contribution in [2.45, 2.75) is 90.9 Å². The van der Waals surface area contributed by atoms with Crippen LogP contribution in [0.5, 0.6) is 0 Å². The molecule has 0 amide bonds. The average molecular weight is 535 g/mol. The van der Waals surface area contributed by atoms with Gasteiger partial charge >= 0.3 is 0 Å². The third-order valence-corrected chi connectivity index (χ3v) is 8.61. The van der Waals surface area contributed by atoms with Gasteiger partial charge in [-0.15, -0.1) is 0 Å². The Balaban J connectivity index is 1.25. The highest BCUT2D eigenvalue weighted by atomic mass is 19.2. The van der Waals surface area contributed by atoms with Gasteiger partial charge < -0.3 is 0 Å². The molecule has 0 bridgehead atoms. The number of allylic oxidation sites excluding steroid dienone is 2. The van der Waals surface area contributed by atoms with Crippen LogP contribution in [-0.2, 0) is 25.7 Å². The van der Waals surface area contributed by atoms with E-state index >= 15 is 8.78 Å². The number of hydrogen-bond donors (Lipinski definition) is 0. The molecule has 2 aliphatic rings. The minimum Gasteiger partial charge on any atom is -0.203 e. The first-order chi connectivity index (χ1) is 18.9. The molecular formula is C35H38F4. The maximum absolute atomic E-state index is 15.2. The van der Waals surface area contributed by atoms with Crippen LogP contribution in [0.15, 0.2) is 42.5 Å². The second-order valence-corrected chi connectivity index (χ2v) is 11.4. The van der Waals surface area contributed by atoms with E-state index in [2.05, 4.69) is 37.3 Å². The van der Waals surface area contributed by atoms with Crippen LogP contribution >= 0.6 is 0 Å². The van der Waals surface area contributed by atoms with Crippen LogP contribution in [0.1, 0.15) is 98.6 Å². The van der Waals surface area contributed by atoms with Gasteiger partial charge in [-0.05, 0) is 103 Å². The molecule has 0 aromatic heterocycles. The highest BCUT2D eigenvalue weighted by Gasteiger charge is 2.32. The van der Waals surface area contributed by atoms with E-state index in [1.807, 2.05) is 6.92 Å². The van der Waals surface area contributed by atoms with E-state index in [-0.39, 0.29) is 11.1 Å². The quantitative estimate of drug-likeness (QED) is 0.140. The molecule has 1 unspecified atom stereocenters. The molecule has 39 heavy (non-hydrogen) atoms. The van der Waals surface area contributed by atoms with Crippen LogP contribution < -0.4 is 0 Å². The van der Waals surface area contributed by atoms with Gasteiger partial charge in [0.25, 0.3) is 0 Å². The van der Waals surface area contributed by atoms with Crippen molar-refractivity contribution in [2.24, 2.45) is 5.92 Å². The van der Waals surface area contributed by atoms with Gasteiger partial charge in [0, 0.05) is 11.1 Å². The van der Waals surface area contributed by atoms with E-state index in [4.69, 9.17) is 0 Å². The lowest BCUT2D eigenvalue weighted by Crippen LogP contribution is -2.08. The van der Waals surface area contributed by atoms with E-state index in [9.17, 15) is 8.78 Å². The lowest BCUT2D eigenvalue weighted by atomic mass is 9.83. The number of halogens is 4. The molecule has 0 spiro atoms. The zero-order chi connectivity index (χ0) is 27.5. The van der Waals surface area contributed by atoms with E-state index < -0.39 is 23.3 Å². The lowest BCUT2D eigenvalue weighted by Gasteiger charge is -2.22. The van der Waals surface area contributed by atoms with Crippen LogP contribution in [0.2, 0.25) is 0 Å². The fourth-order valence-corrected chi connectivity index (χ4v) is 6.37. The Labute approximate surface area is 230 Å². The first-order valence-corrected chi connectivity index (χ1v) is 14.7. The summed E-state index contributed by atoms with van der Waals surface area (Å²) in [4.78, 5) is 0. The third kappa shape index (κ3) is 5.71. The van der Waals surface area contributed by atoms with E-state index in [1.165, 1.54) is 36.0 Å². The summed E-state index contributed by atoms with van der Waals surface area (Å²) in [5.74, 6) is -3.56. The Hall–Kier alpha value is -2.88. The molecule has 3 aromatic rings. The van der Waals surface area contributed by atoms with E-state index in [0.29, 0.717) is 53.9 Å². The van der Waals surface area contributed by atoms with Crippen molar-refractivity contribution in [3.8, 4) is 11.1 Å². The SMILES string of the molecule is CCCCCc1ccc(C2=CCC(CCc3cc4c(c(F)c3F)-c3c(cc(CCC)c(F)c3F)C4)CC2)cc1. The van der Waals surface area contributed by atoms with Crippen LogP contribution in [0.4, 0.5) is 17.6 Å². The minimum atomic E-state index is -1.06. The van der Waals surface area contributed by atoms with Gasteiger partial charge in [0.15, 0.2) is 23.3 Å². The van der Waals surface area contributed by atoms with Gasteiger partial charge in [0.2, 0.25) is 0 Å². The molecule has 4 heteroatoms. The molecule has 0 nitrogen and oxygen atoms in total. The first kappa shape index (κ1) is 27.7. The summed E-state index contributed by atoms with van der Waals surface area (Å²) in [6.45, 7) is 4.12. The fourth-order valence-electron chi connectivity index (χ4n) is 6.37. The molecule has 0 saturated heterocycles. The molecule has 0 heterocycles. The number of unbranched alkanes of at least 4 members (excludes halogenated alkanes) is 2. The molecule has 0 saturated carbocycles. The third-order valence-electron chi connectivity index (χ3n) is 8.61. The Morgan fingerprint density at radius 2 is 1.36 bits per heavy atom. The molecular weight excluding hydrogens is 496 g/mol. The molecule has 3 aromatic carbocycles. The lowest BCUT2D eigenvalue weighted by molar-refractivity contribution is 0.439. The molecule has 2 aliphatic carbocycles. The van der Waals surface area contributed by atoms with Crippen molar-refractivity contribution in [3.05, 3.63) is 99.1 Å². The maximum Gasteiger partial charge on any atom is 0.167 e. The molecule has 1 atom stereocenters. The minimum absolute atomic E-state index is 0.104. The normalized spacial score (nSPS) is 16.3. The van der Waals surface area contributed by atoms with Crippen LogP contribution in [0.3, 0.4) is 0 Å². The average Bonchev–Trinajstić information content (AvgIpc) is 3.32. The number of rotatable bonds is 10. The standard InChI is InChI=1S/C35H38F4/c1-3-5-6-8-22-9-14-24(15-10-22)25-16-11-23(12-17-25)13-18-27-20-29-21-28-19-26(7-4-2)32(36)34(38)30(28)31(29)35(39)33(27)37/h9-10,14-16,19-20,23H,3-8,11-13,17-18,21H2,1-2H3. The van der Waals surface area contributed by atoms with Crippen molar-refractivity contribution in [2.75, 3.05) is 0 Å². The van der Waals surface area contributed by atoms with Crippen molar-refractivity contribution in [3.63, 3.8) is 0 Å². The predicted molar refractivity (Wildman–Crippen MR) is 152 cm³/mol. The zero-order valence-electron chi connectivity index (χ0n) is 23.1. The second kappa shape index (κ2) is 12.1. The predicted octanol–water partition coefficient (Wildman–Crippen LogP) is 10.3. The molecule has 0 N–H and O–H groups in total. The smallest absolute Gasteiger partial charge is 0.167 e. The first-order valence-electron chi connectivity index (χ1n) is 14.7. The Bertz CT molecular complexity index is 1370. The topological polar surface area (TPSA) is 0 Å². The van der Waals surface area contributed by atoms with Crippen molar-refractivity contribution in [1.82, 2.24) is 0 Å². The van der Waals surface area contributed by atoms with E-state index in [1.54, 1.807) is 12.1 Å². The van der Waals surface area contributed by atoms with Crippen molar-refractivity contribution >= 4 is 5.57 Å². The van der Waals surface area contributed by atoms with Crippen LogP contribution in [0, 0.1) is 29.2 Å². The van der Waals surface area contributed by atoms with Gasteiger partial charge in [0.1, 0.15) is 0 Å². The highest BCUT2D eigenvalue weighted by Crippen LogP contribution is 2.44. The van der Waals surface area contributed by atoms with Crippen molar-refractivity contribution < 1.29 is 17.6 Å². The van der Waals surface area contributed by atoms with Gasteiger partial charge in [0.05, 0.1) is 0 Å². The highest BCUT2D eigenvalue weighted by molar-refractivity contribution is 5.79. The van der Waals surface area contributed by atoms with Crippen LogP contribution in [0.25, 0.3) is 16.7 Å². The molecule has 0 fully saturated rings. The van der Waals surface area contributed by atoms with Gasteiger partial charge in [-0.1, -0.05) is 75.6 Å². The monoisotopic (exact) mass is 534 g/mol. The largest absolute Gasteiger partial charge is 0.203 e.